The average molecular weight is 389 g/mol. The summed E-state index contributed by atoms with van der Waals surface area (Å²) in [6.07, 6.45) is 2.48. The van der Waals surface area contributed by atoms with Crippen molar-refractivity contribution in [1.82, 2.24) is 0 Å². The van der Waals surface area contributed by atoms with E-state index in [1.807, 2.05) is 44.2 Å². The second-order valence-electron chi connectivity index (χ2n) is 7.30. The molecule has 2 heterocycles. The van der Waals surface area contributed by atoms with Crippen LogP contribution in [0.4, 0.5) is 0 Å². The number of hydrogen-bond acceptors (Lipinski definition) is 6. The van der Waals surface area contributed by atoms with Crippen molar-refractivity contribution in [3.63, 3.8) is 0 Å². The third-order valence-corrected chi connectivity index (χ3v) is 5.08. The number of aliphatic carboxylic acids is 1. The largest absolute Gasteiger partial charge is 0.477 e. The number of carbonyl (C=O) groups is 1. The molecule has 0 spiro atoms. The van der Waals surface area contributed by atoms with Crippen molar-refractivity contribution < 1.29 is 28.6 Å². The first-order chi connectivity index (χ1) is 13.4. The van der Waals surface area contributed by atoms with Gasteiger partial charge in [0.2, 0.25) is 0 Å². The Morgan fingerprint density at radius 3 is 2.86 bits per heavy atom. The second-order valence-corrected chi connectivity index (χ2v) is 7.30. The number of hydrogen-bond donors (Lipinski definition) is 1. The minimum absolute atomic E-state index is 0.163. The van der Waals surface area contributed by atoms with E-state index in [0.29, 0.717) is 24.7 Å². The molecule has 3 atom stereocenters. The van der Waals surface area contributed by atoms with Gasteiger partial charge in [-0.25, -0.2) is 4.79 Å². The van der Waals surface area contributed by atoms with Crippen LogP contribution >= 0.6 is 0 Å². The van der Waals surface area contributed by atoms with E-state index >= 15 is 0 Å². The minimum atomic E-state index is -1.54. The van der Waals surface area contributed by atoms with E-state index < -0.39 is 11.8 Å². The summed E-state index contributed by atoms with van der Waals surface area (Å²) in [6, 6.07) is 9.77. The number of carboxylic acid groups (broad SMARTS) is 1. The molecular weight excluding hydrogens is 362 g/mol. The molecule has 1 aliphatic heterocycles. The van der Waals surface area contributed by atoms with E-state index in [-0.39, 0.29) is 12.0 Å². The van der Waals surface area contributed by atoms with Crippen LogP contribution in [-0.2, 0) is 19.1 Å². The summed E-state index contributed by atoms with van der Waals surface area (Å²) >= 11 is 0. The number of furan rings is 1. The molecule has 7 heteroatoms. The Hall–Kier alpha value is -2.38. The maximum atomic E-state index is 11.2. The van der Waals surface area contributed by atoms with Gasteiger partial charge in [0.05, 0.1) is 12.7 Å². The molecule has 28 heavy (non-hydrogen) atoms. The molecule has 0 aliphatic carbocycles. The highest BCUT2D eigenvalue weighted by molar-refractivity contribution is 5.99. The summed E-state index contributed by atoms with van der Waals surface area (Å²) in [5, 5.41) is 14.3. The summed E-state index contributed by atoms with van der Waals surface area (Å²) in [4.78, 5) is 16.6. The van der Waals surface area contributed by atoms with Crippen LogP contribution < -0.4 is 0 Å². The van der Waals surface area contributed by atoms with Gasteiger partial charge in [-0.1, -0.05) is 23.4 Å². The number of para-hydroxylation sites is 1. The van der Waals surface area contributed by atoms with E-state index in [4.69, 9.17) is 23.8 Å². The number of nitrogens with zero attached hydrogens (tertiary/aromatic N) is 1. The predicted octanol–water partition coefficient (Wildman–Crippen LogP) is 4.20. The quantitative estimate of drug-likeness (QED) is 0.413. The average Bonchev–Trinajstić information content (AvgIpc) is 3.10. The minimum Gasteiger partial charge on any atom is -0.477 e. The number of oxime groups is 1. The van der Waals surface area contributed by atoms with Crippen molar-refractivity contribution in [3.8, 4) is 0 Å². The van der Waals surface area contributed by atoms with Gasteiger partial charge in [-0.05, 0) is 45.2 Å². The van der Waals surface area contributed by atoms with Gasteiger partial charge in [0.1, 0.15) is 17.9 Å². The molecule has 7 nitrogen and oxygen atoms in total. The van der Waals surface area contributed by atoms with Crippen LogP contribution in [0.25, 0.3) is 11.0 Å². The molecule has 0 radical (unpaired) electrons. The van der Waals surface area contributed by atoms with Gasteiger partial charge in [-0.2, -0.15) is 0 Å². The summed E-state index contributed by atoms with van der Waals surface area (Å²) in [6.45, 7) is 6.08. The van der Waals surface area contributed by atoms with Gasteiger partial charge in [0.15, 0.2) is 5.76 Å². The van der Waals surface area contributed by atoms with Gasteiger partial charge in [-0.3, -0.25) is 0 Å². The van der Waals surface area contributed by atoms with Crippen LogP contribution in [0.1, 0.15) is 45.8 Å². The molecule has 1 N–H and O–H groups in total. The standard InChI is InChI=1S/C21H27NO6/c1-14(19-12-16-8-4-5-10-18(16)27-19)22-26-11-7-6-9-17-13-25-21(3,20(23)24)28-15(17)2/h4-5,8,10,12,15,17H,6-7,9,11,13H2,1-3H3,(H,23,24). The summed E-state index contributed by atoms with van der Waals surface area (Å²) < 4.78 is 16.7. The fourth-order valence-electron chi connectivity index (χ4n) is 3.24. The highest BCUT2D eigenvalue weighted by Crippen LogP contribution is 2.29. The summed E-state index contributed by atoms with van der Waals surface area (Å²) in [7, 11) is 0. The fraction of sp³-hybridized carbons (Fsp3) is 0.524. The monoisotopic (exact) mass is 389 g/mol. The Labute approximate surface area is 164 Å². The lowest BCUT2D eigenvalue weighted by atomic mass is 9.96. The Morgan fingerprint density at radius 1 is 1.36 bits per heavy atom. The van der Waals surface area contributed by atoms with E-state index in [0.717, 1.165) is 30.2 Å². The highest BCUT2D eigenvalue weighted by Gasteiger charge is 2.43. The van der Waals surface area contributed by atoms with Gasteiger partial charge >= 0.3 is 5.97 Å². The number of carboxylic acids is 1. The lowest BCUT2D eigenvalue weighted by molar-refractivity contribution is -0.292. The van der Waals surface area contributed by atoms with E-state index in [9.17, 15) is 4.79 Å². The molecule has 0 amide bonds. The van der Waals surface area contributed by atoms with Gasteiger partial charge < -0.3 is 23.8 Å². The molecule has 2 aromatic rings. The van der Waals surface area contributed by atoms with Crippen molar-refractivity contribution in [2.45, 2.75) is 51.9 Å². The summed E-state index contributed by atoms with van der Waals surface area (Å²) in [5.74, 6) is -1.76. The second kappa shape index (κ2) is 8.75. The lowest BCUT2D eigenvalue weighted by Gasteiger charge is -2.39. The fourth-order valence-corrected chi connectivity index (χ4v) is 3.24. The molecule has 3 unspecified atom stereocenters. The Bertz CT molecular complexity index is 811. The molecular formula is C21H27NO6. The van der Waals surface area contributed by atoms with Gasteiger partial charge in [0.25, 0.3) is 5.79 Å². The van der Waals surface area contributed by atoms with E-state index in [2.05, 4.69) is 5.16 Å². The first-order valence-corrected chi connectivity index (χ1v) is 9.60. The Balaban J connectivity index is 1.38. The van der Waals surface area contributed by atoms with Crippen molar-refractivity contribution >= 4 is 22.7 Å². The molecule has 1 aromatic carbocycles. The molecule has 1 fully saturated rings. The maximum absolute atomic E-state index is 11.2. The molecule has 1 aliphatic rings. The first kappa shape index (κ1) is 20.4. The number of benzene rings is 1. The third kappa shape index (κ3) is 4.72. The van der Waals surface area contributed by atoms with Crippen LogP contribution in [0.2, 0.25) is 0 Å². The van der Waals surface area contributed by atoms with Crippen LogP contribution in [-0.4, -0.2) is 41.9 Å². The Morgan fingerprint density at radius 2 is 2.14 bits per heavy atom. The van der Waals surface area contributed by atoms with Crippen LogP contribution in [0, 0.1) is 5.92 Å². The number of rotatable bonds is 8. The SMILES string of the molecule is CC(=NOCCCCC1COC(C)(C(=O)O)OC1C)c1cc2ccccc2o1. The normalized spacial score (nSPS) is 25.8. The van der Waals surface area contributed by atoms with Gasteiger partial charge in [-0.15, -0.1) is 0 Å². The molecule has 1 aromatic heterocycles. The van der Waals surface area contributed by atoms with Gasteiger partial charge in [0, 0.05) is 18.2 Å². The summed E-state index contributed by atoms with van der Waals surface area (Å²) in [5.41, 5.74) is 1.53. The predicted molar refractivity (Wildman–Crippen MR) is 104 cm³/mol. The molecule has 3 rings (SSSR count). The van der Waals surface area contributed by atoms with Crippen LogP contribution in [0.3, 0.4) is 0 Å². The molecule has 1 saturated heterocycles. The molecule has 152 valence electrons. The lowest BCUT2D eigenvalue weighted by Crippen LogP contribution is -2.51. The number of fused-ring (bicyclic) bond motifs is 1. The highest BCUT2D eigenvalue weighted by atomic mass is 16.7. The number of ether oxygens (including phenoxy) is 2. The third-order valence-electron chi connectivity index (χ3n) is 5.08. The van der Waals surface area contributed by atoms with Crippen molar-refractivity contribution in [2.24, 2.45) is 11.1 Å². The zero-order valence-electron chi connectivity index (χ0n) is 16.5. The first-order valence-electron chi connectivity index (χ1n) is 9.60. The molecule has 0 bridgehead atoms. The zero-order valence-corrected chi connectivity index (χ0v) is 16.5. The Kier molecular flexibility index (Phi) is 6.36. The van der Waals surface area contributed by atoms with Crippen LogP contribution in [0.5, 0.6) is 0 Å². The topological polar surface area (TPSA) is 90.5 Å². The molecule has 0 saturated carbocycles. The van der Waals surface area contributed by atoms with E-state index in [1.165, 1.54) is 6.92 Å². The van der Waals surface area contributed by atoms with E-state index in [1.54, 1.807) is 0 Å². The zero-order chi connectivity index (χ0) is 20.1. The number of unbranched alkanes of at least 4 members (excludes halogenated alkanes) is 1. The van der Waals surface area contributed by atoms with Crippen molar-refractivity contribution in [1.29, 1.82) is 0 Å². The van der Waals surface area contributed by atoms with Crippen molar-refractivity contribution in [2.75, 3.05) is 13.2 Å². The maximum Gasteiger partial charge on any atom is 0.364 e. The smallest absolute Gasteiger partial charge is 0.364 e. The van der Waals surface area contributed by atoms with Crippen LogP contribution in [0.15, 0.2) is 39.9 Å². The van der Waals surface area contributed by atoms with Crippen molar-refractivity contribution in [3.05, 3.63) is 36.1 Å².